The Morgan fingerprint density at radius 2 is 1.93 bits per heavy atom. The summed E-state index contributed by atoms with van der Waals surface area (Å²) in [7, 11) is 3.49. The zero-order chi connectivity index (χ0) is 19.8. The first-order valence-electron chi connectivity index (χ1n) is 9.89. The van der Waals surface area contributed by atoms with Crippen LogP contribution < -0.4 is 10.1 Å². The lowest BCUT2D eigenvalue weighted by Gasteiger charge is -2.36. The second kappa shape index (κ2) is 10.5. The standard InChI is InChI=1S/C21H35N3O3/c1-16(2)14-18(24-10-12-27-13-11-24)15-22-21(25)23(4)17(3)19-8-6-7-9-20(19)26-5/h6-9,16-18H,10-15H2,1-5H3,(H,22,25). The molecule has 0 aliphatic carbocycles. The van der Waals surface area contributed by atoms with Gasteiger partial charge in [-0.3, -0.25) is 4.90 Å². The first-order valence-corrected chi connectivity index (χ1v) is 9.89. The molecule has 2 amide bonds. The van der Waals surface area contributed by atoms with E-state index in [0.717, 1.165) is 44.0 Å². The Morgan fingerprint density at radius 3 is 2.56 bits per heavy atom. The summed E-state index contributed by atoms with van der Waals surface area (Å²) in [6, 6.07) is 8.04. The Morgan fingerprint density at radius 1 is 1.26 bits per heavy atom. The van der Waals surface area contributed by atoms with Crippen molar-refractivity contribution in [2.45, 2.75) is 39.3 Å². The van der Waals surface area contributed by atoms with Gasteiger partial charge in [0.1, 0.15) is 5.75 Å². The van der Waals surface area contributed by atoms with E-state index in [2.05, 4.69) is 24.1 Å². The maximum Gasteiger partial charge on any atom is 0.317 e. The molecular formula is C21H35N3O3. The lowest BCUT2D eigenvalue weighted by Crippen LogP contribution is -2.51. The molecule has 1 aromatic carbocycles. The van der Waals surface area contributed by atoms with Crippen LogP contribution in [0.2, 0.25) is 0 Å². The average Bonchev–Trinajstić information content (AvgIpc) is 2.70. The van der Waals surface area contributed by atoms with Crippen molar-refractivity contribution in [3.05, 3.63) is 29.8 Å². The summed E-state index contributed by atoms with van der Waals surface area (Å²) in [6.07, 6.45) is 1.06. The minimum Gasteiger partial charge on any atom is -0.496 e. The number of nitrogens with one attached hydrogen (secondary N) is 1. The summed E-state index contributed by atoms with van der Waals surface area (Å²) in [4.78, 5) is 16.9. The van der Waals surface area contributed by atoms with Crippen molar-refractivity contribution in [1.29, 1.82) is 0 Å². The van der Waals surface area contributed by atoms with Gasteiger partial charge >= 0.3 is 6.03 Å². The van der Waals surface area contributed by atoms with Crippen LogP contribution in [0.25, 0.3) is 0 Å². The minimum atomic E-state index is -0.0758. The second-order valence-corrected chi connectivity index (χ2v) is 7.65. The van der Waals surface area contributed by atoms with Crippen LogP contribution in [0.5, 0.6) is 5.75 Å². The molecule has 152 valence electrons. The highest BCUT2D eigenvalue weighted by molar-refractivity contribution is 5.74. The molecule has 0 radical (unpaired) electrons. The molecule has 2 rings (SSSR count). The first-order chi connectivity index (χ1) is 12.9. The quantitative estimate of drug-likeness (QED) is 0.756. The molecule has 2 atom stereocenters. The third kappa shape index (κ3) is 6.11. The number of para-hydroxylation sites is 1. The molecule has 1 aliphatic rings. The van der Waals surface area contributed by atoms with Crippen LogP contribution in [0.15, 0.2) is 24.3 Å². The van der Waals surface area contributed by atoms with Gasteiger partial charge in [-0.25, -0.2) is 4.79 Å². The van der Waals surface area contributed by atoms with E-state index in [1.165, 1.54) is 0 Å². The number of benzene rings is 1. The lowest BCUT2D eigenvalue weighted by atomic mass is 10.0. The maximum absolute atomic E-state index is 12.8. The van der Waals surface area contributed by atoms with Gasteiger partial charge in [0.25, 0.3) is 0 Å². The molecule has 0 aromatic heterocycles. The van der Waals surface area contributed by atoms with Gasteiger partial charge < -0.3 is 19.7 Å². The molecule has 27 heavy (non-hydrogen) atoms. The summed E-state index contributed by atoms with van der Waals surface area (Å²) in [5.41, 5.74) is 1.00. The fraction of sp³-hybridized carbons (Fsp3) is 0.667. The molecule has 0 saturated carbocycles. The van der Waals surface area contributed by atoms with E-state index in [4.69, 9.17) is 9.47 Å². The molecular weight excluding hydrogens is 342 g/mol. The number of urea groups is 1. The lowest BCUT2D eigenvalue weighted by molar-refractivity contribution is 0.0127. The molecule has 1 fully saturated rings. The fourth-order valence-electron chi connectivity index (χ4n) is 3.57. The topological polar surface area (TPSA) is 54.0 Å². The molecule has 0 spiro atoms. The number of carbonyl (C=O) groups excluding carboxylic acids is 1. The highest BCUT2D eigenvalue weighted by Crippen LogP contribution is 2.28. The largest absolute Gasteiger partial charge is 0.496 e. The van der Waals surface area contributed by atoms with Crippen molar-refractivity contribution in [1.82, 2.24) is 15.1 Å². The number of nitrogens with zero attached hydrogens (tertiary/aromatic N) is 2. The van der Waals surface area contributed by atoms with Crippen molar-refractivity contribution in [3.8, 4) is 5.75 Å². The number of carbonyl (C=O) groups is 1. The van der Waals surface area contributed by atoms with Gasteiger partial charge in [-0.05, 0) is 25.3 Å². The molecule has 1 saturated heterocycles. The molecule has 1 aliphatic heterocycles. The van der Waals surface area contributed by atoms with E-state index in [0.29, 0.717) is 18.5 Å². The Kier molecular flexibility index (Phi) is 8.38. The number of amides is 2. The molecule has 0 bridgehead atoms. The van der Waals surface area contributed by atoms with Gasteiger partial charge in [-0.2, -0.15) is 0 Å². The molecule has 6 heteroatoms. The van der Waals surface area contributed by atoms with Crippen molar-refractivity contribution >= 4 is 6.03 Å². The highest BCUT2D eigenvalue weighted by Gasteiger charge is 2.25. The maximum atomic E-state index is 12.8. The van der Waals surface area contributed by atoms with E-state index in [1.807, 2.05) is 38.2 Å². The minimum absolute atomic E-state index is 0.0598. The normalized spacial score (nSPS) is 17.4. The van der Waals surface area contributed by atoms with Crippen molar-refractivity contribution in [2.24, 2.45) is 5.92 Å². The Labute approximate surface area is 163 Å². The van der Waals surface area contributed by atoms with Crippen LogP contribution in [0.4, 0.5) is 4.79 Å². The highest BCUT2D eigenvalue weighted by atomic mass is 16.5. The summed E-state index contributed by atoms with van der Waals surface area (Å²) < 4.78 is 10.9. The van der Waals surface area contributed by atoms with Gasteiger partial charge in [0, 0.05) is 38.3 Å². The number of morpholine rings is 1. The second-order valence-electron chi connectivity index (χ2n) is 7.65. The smallest absolute Gasteiger partial charge is 0.317 e. The van der Waals surface area contributed by atoms with Crippen LogP contribution in [0, 0.1) is 5.92 Å². The first kappa shape index (κ1) is 21.5. The monoisotopic (exact) mass is 377 g/mol. The Bertz CT molecular complexity index is 588. The average molecular weight is 378 g/mol. The van der Waals surface area contributed by atoms with E-state index in [1.54, 1.807) is 12.0 Å². The molecule has 6 nitrogen and oxygen atoms in total. The summed E-state index contributed by atoms with van der Waals surface area (Å²) in [6.45, 7) is 10.5. The van der Waals surface area contributed by atoms with Crippen LogP contribution >= 0.6 is 0 Å². The SMILES string of the molecule is COc1ccccc1C(C)N(C)C(=O)NCC(CC(C)C)N1CCOCC1. The summed E-state index contributed by atoms with van der Waals surface area (Å²) in [5.74, 6) is 1.38. The van der Waals surface area contributed by atoms with E-state index in [-0.39, 0.29) is 12.1 Å². The van der Waals surface area contributed by atoms with E-state index < -0.39 is 0 Å². The van der Waals surface area contributed by atoms with Gasteiger partial charge in [0.2, 0.25) is 0 Å². The zero-order valence-electron chi connectivity index (χ0n) is 17.4. The predicted octanol–water partition coefficient (Wildman–Crippen LogP) is 3.14. The summed E-state index contributed by atoms with van der Waals surface area (Å²) in [5, 5.41) is 3.14. The van der Waals surface area contributed by atoms with Crippen molar-refractivity contribution < 1.29 is 14.3 Å². The molecule has 1 N–H and O–H groups in total. The van der Waals surface area contributed by atoms with Crippen LogP contribution in [0.1, 0.15) is 38.8 Å². The number of rotatable bonds is 8. The fourth-order valence-corrected chi connectivity index (χ4v) is 3.57. The zero-order valence-corrected chi connectivity index (χ0v) is 17.4. The van der Waals surface area contributed by atoms with Gasteiger partial charge in [0.15, 0.2) is 0 Å². The Balaban J connectivity index is 1.96. The number of ether oxygens (including phenoxy) is 2. The number of hydrogen-bond acceptors (Lipinski definition) is 4. The Hall–Kier alpha value is -1.79. The number of methoxy groups -OCH3 is 1. The summed E-state index contributed by atoms with van der Waals surface area (Å²) >= 11 is 0. The van der Waals surface area contributed by atoms with Gasteiger partial charge in [-0.15, -0.1) is 0 Å². The molecule has 1 aromatic rings. The van der Waals surface area contributed by atoms with Crippen LogP contribution in [-0.4, -0.2) is 68.9 Å². The molecule has 1 heterocycles. The third-order valence-corrected chi connectivity index (χ3v) is 5.28. The van der Waals surface area contributed by atoms with Gasteiger partial charge in [-0.1, -0.05) is 32.0 Å². The van der Waals surface area contributed by atoms with Gasteiger partial charge in [0.05, 0.1) is 26.4 Å². The van der Waals surface area contributed by atoms with Crippen molar-refractivity contribution in [2.75, 3.05) is 47.0 Å². The predicted molar refractivity (Wildman–Crippen MR) is 108 cm³/mol. The van der Waals surface area contributed by atoms with Crippen molar-refractivity contribution in [3.63, 3.8) is 0 Å². The van der Waals surface area contributed by atoms with E-state index >= 15 is 0 Å². The number of hydrogen-bond donors (Lipinski definition) is 1. The van der Waals surface area contributed by atoms with Crippen LogP contribution in [0.3, 0.4) is 0 Å². The molecule has 2 unspecified atom stereocenters. The van der Waals surface area contributed by atoms with Crippen LogP contribution in [-0.2, 0) is 4.74 Å². The third-order valence-electron chi connectivity index (χ3n) is 5.28. The van der Waals surface area contributed by atoms with E-state index in [9.17, 15) is 4.79 Å².